The van der Waals surface area contributed by atoms with E-state index in [4.69, 9.17) is 21.1 Å². The fraction of sp³-hybridized carbons (Fsp3) is 0.394. The van der Waals surface area contributed by atoms with E-state index in [0.29, 0.717) is 24.5 Å². The van der Waals surface area contributed by atoms with Crippen LogP contribution in [0.1, 0.15) is 64.9 Å². The van der Waals surface area contributed by atoms with Crippen molar-refractivity contribution in [2.45, 2.75) is 57.2 Å². The van der Waals surface area contributed by atoms with E-state index in [1.165, 1.54) is 15.8 Å². The summed E-state index contributed by atoms with van der Waals surface area (Å²) in [5.41, 5.74) is -1.49. The number of fused-ring (bicyclic) bond motifs is 3. The Bertz CT molecular complexity index is 2360. The molecular formula is C33H30ClF3N10O6. The summed E-state index contributed by atoms with van der Waals surface area (Å²) in [7, 11) is 0. The highest BCUT2D eigenvalue weighted by atomic mass is 35.5. The number of carbonyl (C=O) groups excluding carboxylic acids is 2. The van der Waals surface area contributed by atoms with Crippen LogP contribution >= 0.6 is 11.6 Å². The van der Waals surface area contributed by atoms with Crippen molar-refractivity contribution in [2.24, 2.45) is 0 Å². The first-order valence-corrected chi connectivity index (χ1v) is 16.9. The number of anilines is 1. The van der Waals surface area contributed by atoms with Gasteiger partial charge < -0.3 is 29.4 Å². The number of aryl methyl sites for hydroxylation is 1. The summed E-state index contributed by atoms with van der Waals surface area (Å²) in [4.78, 5) is 55.5. The minimum Gasteiger partial charge on any atom is -0.504 e. The number of hydrogen-bond acceptors (Lipinski definition) is 11. The molecule has 1 atom stereocenters. The van der Waals surface area contributed by atoms with Gasteiger partial charge in [-0.2, -0.15) is 27.8 Å². The fourth-order valence-electron chi connectivity index (χ4n) is 7.02. The maximum absolute atomic E-state index is 14.4. The Balaban J connectivity index is 1.17. The van der Waals surface area contributed by atoms with Gasteiger partial charge in [0.05, 0.1) is 70.3 Å². The Morgan fingerprint density at radius 1 is 1.17 bits per heavy atom. The van der Waals surface area contributed by atoms with Crippen molar-refractivity contribution in [1.29, 1.82) is 0 Å². The van der Waals surface area contributed by atoms with Crippen LogP contribution in [0.2, 0.25) is 5.02 Å². The molecule has 2 amide bonds. The zero-order valence-corrected chi connectivity index (χ0v) is 28.8. The van der Waals surface area contributed by atoms with E-state index in [1.54, 1.807) is 30.9 Å². The van der Waals surface area contributed by atoms with Crippen molar-refractivity contribution in [1.82, 2.24) is 43.8 Å². The van der Waals surface area contributed by atoms with Gasteiger partial charge in [-0.25, -0.2) is 9.97 Å². The average molecular weight is 755 g/mol. The van der Waals surface area contributed by atoms with Crippen LogP contribution in [0.3, 0.4) is 0 Å². The van der Waals surface area contributed by atoms with Crippen LogP contribution in [-0.2, 0) is 32.6 Å². The normalized spacial score (nSPS) is 18.4. The van der Waals surface area contributed by atoms with E-state index in [-0.39, 0.29) is 77.0 Å². The lowest BCUT2D eigenvalue weighted by molar-refractivity contribution is -0.137. The molecule has 2 saturated heterocycles. The van der Waals surface area contributed by atoms with Gasteiger partial charge in [0, 0.05) is 19.3 Å². The summed E-state index contributed by atoms with van der Waals surface area (Å²) < 4.78 is 55.9. The molecule has 1 spiro atoms. The van der Waals surface area contributed by atoms with Crippen LogP contribution in [0.25, 0.3) is 17.2 Å². The SMILES string of the molecule is Cc1ncnc(C(=O)N2CCC3(CC2)O[C@H](C)c2c3c(=O)n3nc(-c4cnn(C5COC5)c4)nc3n2CC(=O)Nc2ccc(C(F)(F)F)cc2Cl)c1O. The van der Waals surface area contributed by atoms with E-state index in [1.807, 2.05) is 0 Å². The number of amides is 2. The first kappa shape index (κ1) is 34.7. The van der Waals surface area contributed by atoms with Gasteiger partial charge in [-0.05, 0) is 44.9 Å². The molecule has 2 N–H and O–H groups in total. The molecule has 1 aromatic carbocycles. The molecule has 7 heterocycles. The van der Waals surface area contributed by atoms with Gasteiger partial charge in [0.15, 0.2) is 17.3 Å². The van der Waals surface area contributed by atoms with Gasteiger partial charge in [0.25, 0.3) is 11.5 Å². The number of benzene rings is 1. The smallest absolute Gasteiger partial charge is 0.416 e. The summed E-state index contributed by atoms with van der Waals surface area (Å²) in [6.07, 6.45) is -0.497. The third-order valence-corrected chi connectivity index (χ3v) is 10.1. The van der Waals surface area contributed by atoms with E-state index in [2.05, 4.69) is 30.5 Å². The van der Waals surface area contributed by atoms with Gasteiger partial charge in [-0.3, -0.25) is 19.1 Å². The molecule has 3 aliphatic rings. The van der Waals surface area contributed by atoms with Crippen molar-refractivity contribution >= 4 is 34.9 Å². The molecule has 53 heavy (non-hydrogen) atoms. The van der Waals surface area contributed by atoms with Gasteiger partial charge >= 0.3 is 6.18 Å². The van der Waals surface area contributed by atoms with Crippen LogP contribution in [0.4, 0.5) is 18.9 Å². The minimum atomic E-state index is -4.63. The first-order valence-electron chi connectivity index (χ1n) is 16.5. The Hall–Kier alpha value is -5.40. The van der Waals surface area contributed by atoms with Gasteiger partial charge in [-0.1, -0.05) is 11.6 Å². The van der Waals surface area contributed by atoms with E-state index in [0.717, 1.165) is 22.7 Å². The second kappa shape index (κ2) is 12.6. The molecule has 276 valence electrons. The first-order chi connectivity index (χ1) is 25.2. The zero-order valence-electron chi connectivity index (χ0n) is 28.1. The quantitative estimate of drug-likeness (QED) is 0.258. The molecule has 0 bridgehead atoms. The van der Waals surface area contributed by atoms with Crippen molar-refractivity contribution in [3.63, 3.8) is 0 Å². The second-order valence-corrected chi connectivity index (χ2v) is 13.5. The van der Waals surface area contributed by atoms with E-state index >= 15 is 0 Å². The number of carbonyl (C=O) groups is 2. The number of halogens is 4. The highest BCUT2D eigenvalue weighted by molar-refractivity contribution is 6.33. The summed E-state index contributed by atoms with van der Waals surface area (Å²) in [5.74, 6) is -1.30. The number of rotatable bonds is 6. The molecule has 0 aliphatic carbocycles. The number of hydrogen-bond donors (Lipinski definition) is 2. The largest absolute Gasteiger partial charge is 0.504 e. The van der Waals surface area contributed by atoms with E-state index in [9.17, 15) is 32.7 Å². The highest BCUT2D eigenvalue weighted by Gasteiger charge is 2.51. The second-order valence-electron chi connectivity index (χ2n) is 13.1. The minimum absolute atomic E-state index is 0.0202. The lowest BCUT2D eigenvalue weighted by atomic mass is 9.85. The molecule has 8 rings (SSSR count). The van der Waals surface area contributed by atoms with Crippen molar-refractivity contribution in [3.8, 4) is 17.1 Å². The number of aromatic nitrogens is 8. The van der Waals surface area contributed by atoms with Crippen molar-refractivity contribution < 1.29 is 37.3 Å². The Morgan fingerprint density at radius 3 is 2.60 bits per heavy atom. The fourth-order valence-corrected chi connectivity index (χ4v) is 7.25. The topological polar surface area (TPSA) is 184 Å². The molecule has 2 fully saturated rings. The van der Waals surface area contributed by atoms with Crippen molar-refractivity contribution in [2.75, 3.05) is 31.6 Å². The summed E-state index contributed by atoms with van der Waals surface area (Å²) in [5, 5.41) is 21.6. The van der Waals surface area contributed by atoms with Gasteiger partial charge in [-0.15, -0.1) is 5.10 Å². The lowest BCUT2D eigenvalue weighted by Gasteiger charge is -2.39. The highest BCUT2D eigenvalue weighted by Crippen LogP contribution is 2.48. The summed E-state index contributed by atoms with van der Waals surface area (Å²) >= 11 is 6.14. The summed E-state index contributed by atoms with van der Waals surface area (Å²) in [6.45, 7) is 4.12. The predicted octanol–water partition coefficient (Wildman–Crippen LogP) is 3.66. The third-order valence-electron chi connectivity index (χ3n) is 9.82. The molecule has 4 aromatic heterocycles. The number of alkyl halides is 3. The standard InChI is InChI=1S/C33H30ClF3N10O6/c1-16-27(49)25(39-15-38-16)30(51)44-7-5-32(6-8-44)24-26(17(2)53-32)45(12-23(48)41-22-4-3-19(9-21(22)34)33(35,36)37)31-42-28(43-47(31)29(24)50)18-10-40-46(11-18)20-13-52-14-20/h3-4,9-11,15,17,20,49H,5-8,12-14H2,1-2H3,(H,41,48)/t17-/m1/s1. The molecular weight excluding hydrogens is 725 g/mol. The number of piperidine rings is 1. The third kappa shape index (κ3) is 5.88. The lowest BCUT2D eigenvalue weighted by Crippen LogP contribution is -2.47. The Kier molecular flexibility index (Phi) is 8.26. The van der Waals surface area contributed by atoms with E-state index < -0.39 is 47.4 Å². The molecule has 0 unspecified atom stereocenters. The monoisotopic (exact) mass is 754 g/mol. The average Bonchev–Trinajstić information content (AvgIpc) is 3.81. The maximum Gasteiger partial charge on any atom is 0.416 e. The maximum atomic E-state index is 14.4. The van der Waals surface area contributed by atoms with Crippen LogP contribution in [0.15, 0.2) is 41.7 Å². The number of ether oxygens (including phenoxy) is 2. The molecule has 0 saturated carbocycles. The molecule has 5 aromatic rings. The number of aromatic hydroxyl groups is 1. The molecule has 20 heteroatoms. The number of likely N-dealkylation sites (tertiary alicyclic amines) is 1. The van der Waals surface area contributed by atoms with Crippen LogP contribution in [0.5, 0.6) is 5.75 Å². The summed E-state index contributed by atoms with van der Waals surface area (Å²) in [6, 6.07) is 2.63. The Labute approximate surface area is 302 Å². The molecule has 16 nitrogen and oxygen atoms in total. The molecule has 0 radical (unpaired) electrons. The number of nitrogens with zero attached hydrogens (tertiary/aromatic N) is 9. The van der Waals surface area contributed by atoms with Gasteiger partial charge in [0.2, 0.25) is 11.7 Å². The number of nitrogens with one attached hydrogen (secondary N) is 1. The van der Waals surface area contributed by atoms with Crippen molar-refractivity contribution in [3.05, 3.63) is 80.5 Å². The molecule has 3 aliphatic heterocycles. The van der Waals surface area contributed by atoms with Gasteiger partial charge in [0.1, 0.15) is 18.5 Å². The van der Waals surface area contributed by atoms with Crippen LogP contribution in [0, 0.1) is 6.92 Å². The van der Waals surface area contributed by atoms with Crippen LogP contribution in [-0.4, -0.2) is 87.0 Å². The predicted molar refractivity (Wildman–Crippen MR) is 178 cm³/mol. The van der Waals surface area contributed by atoms with Crippen LogP contribution < -0.4 is 10.9 Å². The Morgan fingerprint density at radius 2 is 1.92 bits per heavy atom. The zero-order chi connectivity index (χ0) is 37.4.